The molecule has 1 fully saturated rings. The number of aryl methyl sites for hydroxylation is 1. The number of hydrogen-bond donors (Lipinski definition) is 9. The number of H-pyrrole nitrogens is 1. The van der Waals surface area contributed by atoms with Crippen LogP contribution in [-0.2, 0) is 48.0 Å². The third-order valence-corrected chi connectivity index (χ3v) is 11.8. The van der Waals surface area contributed by atoms with E-state index in [1.807, 2.05) is 61.5 Å². The molecule has 3 aromatic carbocycles. The Bertz CT molecular complexity index is 2250. The van der Waals surface area contributed by atoms with Gasteiger partial charge in [0, 0.05) is 43.5 Å². The molecule has 2 heterocycles. The Balaban J connectivity index is 1.42. The van der Waals surface area contributed by atoms with Gasteiger partial charge in [-0.25, -0.2) is 9.59 Å². The van der Waals surface area contributed by atoms with E-state index >= 15 is 0 Å². The Kier molecular flexibility index (Phi) is 17.3. The monoisotopic (exact) mass is 880 g/mol. The van der Waals surface area contributed by atoms with Gasteiger partial charge in [-0.05, 0) is 79.8 Å². The lowest BCUT2D eigenvalue weighted by atomic mass is 9.96. The number of para-hydroxylation sites is 1. The predicted octanol–water partition coefficient (Wildman–Crippen LogP) is 3.06. The molecule has 1 aliphatic heterocycles. The molecule has 9 N–H and O–H groups in total. The van der Waals surface area contributed by atoms with E-state index in [0.29, 0.717) is 31.2 Å². The summed E-state index contributed by atoms with van der Waals surface area (Å²) in [5.41, 5.74) is 3.03. The molecule has 0 aliphatic carbocycles. The number of carbonyl (C=O) groups excluding carboxylic acids is 6. The zero-order valence-corrected chi connectivity index (χ0v) is 36.7. The van der Waals surface area contributed by atoms with E-state index in [2.05, 4.69) is 36.9 Å². The number of hydrogen-bond acceptors (Lipinski definition) is 8. The first-order valence-corrected chi connectivity index (χ1v) is 21.8. The maximum atomic E-state index is 14.3. The molecule has 17 heteroatoms. The molecule has 7 amide bonds. The van der Waals surface area contributed by atoms with Crippen LogP contribution < -0.4 is 31.9 Å². The van der Waals surface area contributed by atoms with Crippen LogP contribution in [0.3, 0.4) is 0 Å². The minimum Gasteiger partial charge on any atom is -0.508 e. The molecule has 64 heavy (non-hydrogen) atoms. The highest BCUT2D eigenvalue weighted by atomic mass is 16.4. The van der Waals surface area contributed by atoms with Gasteiger partial charge in [-0.3, -0.25) is 24.0 Å². The number of carboxylic acids is 1. The molecule has 0 radical (unpaired) electrons. The molecular weight excluding hydrogens is 821 g/mol. The summed E-state index contributed by atoms with van der Waals surface area (Å²) in [5.74, 6) is -4.70. The topological polar surface area (TPSA) is 251 Å². The van der Waals surface area contributed by atoms with Crippen LogP contribution in [-0.4, -0.2) is 111 Å². The lowest BCUT2D eigenvalue weighted by Gasteiger charge is -2.32. The predicted molar refractivity (Wildman–Crippen MR) is 240 cm³/mol. The smallest absolute Gasteiger partial charge is 0.326 e. The van der Waals surface area contributed by atoms with Crippen molar-refractivity contribution in [1.29, 1.82) is 0 Å². The number of aromatic nitrogens is 1. The molecule has 7 atom stereocenters. The quantitative estimate of drug-likeness (QED) is 0.101. The summed E-state index contributed by atoms with van der Waals surface area (Å²) < 4.78 is 0. The maximum absolute atomic E-state index is 14.3. The Morgan fingerprint density at radius 1 is 0.828 bits per heavy atom. The van der Waals surface area contributed by atoms with Crippen molar-refractivity contribution >= 4 is 52.4 Å². The number of carbonyl (C=O) groups is 7. The van der Waals surface area contributed by atoms with Crippen molar-refractivity contribution in [3.05, 3.63) is 102 Å². The van der Waals surface area contributed by atoms with Gasteiger partial charge in [-0.2, -0.15) is 0 Å². The van der Waals surface area contributed by atoms with Gasteiger partial charge in [0.05, 0.1) is 0 Å². The van der Waals surface area contributed by atoms with Crippen molar-refractivity contribution in [3.8, 4) is 5.75 Å². The average Bonchev–Trinajstić information content (AvgIpc) is 3.70. The van der Waals surface area contributed by atoms with Crippen LogP contribution in [0.1, 0.15) is 69.6 Å². The number of nitrogens with one attached hydrogen (secondary N) is 7. The van der Waals surface area contributed by atoms with Crippen molar-refractivity contribution < 1.29 is 43.8 Å². The molecule has 1 saturated heterocycles. The molecular formula is C47H60N8O9. The van der Waals surface area contributed by atoms with E-state index in [1.54, 1.807) is 25.3 Å². The van der Waals surface area contributed by atoms with Gasteiger partial charge in [0.25, 0.3) is 0 Å². The highest BCUT2D eigenvalue weighted by Crippen LogP contribution is 2.20. The lowest BCUT2D eigenvalue weighted by molar-refractivity contribution is -0.142. The maximum Gasteiger partial charge on any atom is 0.326 e. The Labute approximate surface area is 372 Å². The highest BCUT2D eigenvalue weighted by molar-refractivity contribution is 5.96. The number of aromatic hydroxyl groups is 1. The molecule has 1 aliphatic rings. The van der Waals surface area contributed by atoms with E-state index in [4.69, 9.17) is 0 Å². The zero-order valence-electron chi connectivity index (χ0n) is 36.7. The summed E-state index contributed by atoms with van der Waals surface area (Å²) in [6, 6.07) is 14.9. The Morgan fingerprint density at radius 3 is 2.22 bits per heavy atom. The standard InChI is InChI=1S/C47H60N8O9/c1-5-28(2)40-44(60)50-37(23-20-30-18-21-33(56)22-19-30)45(61)55(4)29(3)41(57)51-38(25-31-13-7-6-8-14-31)42(58)48-24-12-11-17-36(43(59)54-40)52-47(64)53-39(46(62)63)26-32-27-49-35-16-10-9-15-34(32)35/h6-10,13-16,18-19,21-22,27-29,36-40,49,56H,5,11-12,17,20,23-26H2,1-4H3,(H,48,58)(H,50,60)(H,51,57)(H,54,59)(H,62,63)(H2,52,53,64)/t28?,29-,36+,37-,38-,39?,40-/m0/s1. The minimum atomic E-state index is -1.36. The summed E-state index contributed by atoms with van der Waals surface area (Å²) in [6.07, 6.45) is 3.32. The number of phenolic OH excluding ortho intramolecular Hbond substituents is 1. The fraction of sp³-hybridized carbons (Fsp3) is 0.426. The van der Waals surface area contributed by atoms with Crippen LogP contribution >= 0.6 is 0 Å². The molecule has 0 saturated carbocycles. The molecule has 2 unspecified atom stereocenters. The van der Waals surface area contributed by atoms with Gasteiger partial charge >= 0.3 is 12.0 Å². The number of fused-ring (bicyclic) bond motifs is 1. The van der Waals surface area contributed by atoms with E-state index in [9.17, 15) is 43.8 Å². The number of benzene rings is 3. The Morgan fingerprint density at radius 2 is 1.52 bits per heavy atom. The average molecular weight is 881 g/mol. The third kappa shape index (κ3) is 13.3. The van der Waals surface area contributed by atoms with Crippen LogP contribution in [0.2, 0.25) is 0 Å². The van der Waals surface area contributed by atoms with Crippen molar-refractivity contribution in [2.45, 2.75) is 108 Å². The number of aromatic amines is 1. The summed E-state index contributed by atoms with van der Waals surface area (Å²) in [4.78, 5) is 101. The Hall–Kier alpha value is -6.91. The summed E-state index contributed by atoms with van der Waals surface area (Å²) >= 11 is 0. The van der Waals surface area contributed by atoms with Crippen LogP contribution in [0, 0.1) is 5.92 Å². The molecule has 0 spiro atoms. The van der Waals surface area contributed by atoms with Crippen molar-refractivity contribution in [2.75, 3.05) is 13.6 Å². The molecule has 17 nitrogen and oxygen atoms in total. The van der Waals surface area contributed by atoms with Gasteiger partial charge in [0.2, 0.25) is 29.5 Å². The van der Waals surface area contributed by atoms with Crippen molar-refractivity contribution in [1.82, 2.24) is 41.8 Å². The molecule has 342 valence electrons. The van der Waals surface area contributed by atoms with Crippen molar-refractivity contribution in [2.24, 2.45) is 5.92 Å². The van der Waals surface area contributed by atoms with Crippen LogP contribution in [0.15, 0.2) is 85.1 Å². The minimum absolute atomic E-state index is 0.0460. The largest absolute Gasteiger partial charge is 0.508 e. The van der Waals surface area contributed by atoms with Crippen LogP contribution in [0.4, 0.5) is 4.79 Å². The second-order valence-electron chi connectivity index (χ2n) is 16.4. The van der Waals surface area contributed by atoms with Gasteiger partial charge in [-0.15, -0.1) is 0 Å². The van der Waals surface area contributed by atoms with Crippen LogP contribution in [0.25, 0.3) is 10.9 Å². The molecule has 5 rings (SSSR count). The van der Waals surface area contributed by atoms with Gasteiger partial charge < -0.3 is 52.0 Å². The third-order valence-electron chi connectivity index (χ3n) is 11.8. The SMILES string of the molecule is CCC(C)[C@@H]1NC(=O)[C@H](NC(=O)NC(Cc2c[nH]c3ccccc23)C(=O)O)CCCCNC(=O)[C@H](Cc2ccccc2)NC(=O)[C@H](C)N(C)C(=O)[C@H](CCc2ccc(O)cc2)NC1=O. The number of carboxylic acid groups (broad SMARTS) is 1. The molecule has 4 aromatic rings. The highest BCUT2D eigenvalue weighted by Gasteiger charge is 2.36. The number of amides is 7. The number of urea groups is 1. The summed E-state index contributed by atoms with van der Waals surface area (Å²) in [5, 5.41) is 37.2. The second kappa shape index (κ2) is 23.0. The summed E-state index contributed by atoms with van der Waals surface area (Å²) in [6.45, 7) is 5.28. The van der Waals surface area contributed by atoms with E-state index in [0.717, 1.165) is 22.0 Å². The van der Waals surface area contributed by atoms with E-state index < -0.39 is 83.7 Å². The van der Waals surface area contributed by atoms with E-state index in [-0.39, 0.29) is 38.0 Å². The zero-order chi connectivity index (χ0) is 46.3. The van der Waals surface area contributed by atoms with Crippen LogP contribution in [0.5, 0.6) is 5.75 Å². The van der Waals surface area contributed by atoms with Gasteiger partial charge in [0.1, 0.15) is 42.0 Å². The fourth-order valence-electron chi connectivity index (χ4n) is 7.57. The first kappa shape index (κ1) is 48.1. The number of phenols is 1. The normalized spacial score (nSPS) is 21.8. The number of rotatable bonds is 12. The van der Waals surface area contributed by atoms with Gasteiger partial charge in [0.15, 0.2) is 0 Å². The van der Waals surface area contributed by atoms with Crippen molar-refractivity contribution in [3.63, 3.8) is 0 Å². The van der Waals surface area contributed by atoms with Gasteiger partial charge in [-0.1, -0.05) is 80.9 Å². The lowest BCUT2D eigenvalue weighted by Crippen LogP contribution is -2.60. The number of aliphatic carboxylic acids is 1. The van der Waals surface area contributed by atoms with E-state index in [1.165, 1.54) is 31.0 Å². The fourth-order valence-corrected chi connectivity index (χ4v) is 7.57. The molecule has 1 aromatic heterocycles. The first-order chi connectivity index (χ1) is 30.6. The first-order valence-electron chi connectivity index (χ1n) is 21.8. The molecule has 0 bridgehead atoms. The number of nitrogens with zero attached hydrogens (tertiary/aromatic N) is 1. The number of likely N-dealkylation sites (N-methyl/N-ethyl adjacent to an activating group) is 1. The second-order valence-corrected chi connectivity index (χ2v) is 16.4. The summed E-state index contributed by atoms with van der Waals surface area (Å²) in [7, 11) is 1.44.